The number of nitrogens with zero attached hydrogens (tertiary/aromatic N) is 2. The Morgan fingerprint density at radius 3 is 2.78 bits per heavy atom. The standard InChI is InChI=1S/C18H17N3O5S/c1-4-26-17(24)14-9(2)27-18-20-16(23)11(15(19)21(14)18)7-10-5-6-12(22)13(8-10)25-3/h5-8H,4,19H2,1-3H3. The second-order valence-electron chi connectivity index (χ2n) is 5.62. The number of aryl methyl sites for hydroxylation is 1. The van der Waals surface area contributed by atoms with Crippen LogP contribution in [0.5, 0.6) is 0 Å². The molecule has 2 aromatic heterocycles. The number of carbonyl (C=O) groups is 2. The van der Waals surface area contributed by atoms with Crippen molar-refractivity contribution >= 4 is 39.9 Å². The van der Waals surface area contributed by atoms with Gasteiger partial charge in [-0.05, 0) is 37.6 Å². The fourth-order valence-corrected chi connectivity index (χ4v) is 3.62. The number of fused-ring (bicyclic) bond motifs is 1. The van der Waals surface area contributed by atoms with E-state index in [0.29, 0.717) is 15.4 Å². The van der Waals surface area contributed by atoms with Crippen LogP contribution in [0, 0.1) is 6.92 Å². The molecule has 0 saturated heterocycles. The van der Waals surface area contributed by atoms with Gasteiger partial charge in [0.1, 0.15) is 11.5 Å². The number of allylic oxidation sites excluding steroid dienone is 4. The Balaban J connectivity index is 2.22. The minimum atomic E-state index is -0.540. The van der Waals surface area contributed by atoms with Crippen LogP contribution >= 0.6 is 11.3 Å². The van der Waals surface area contributed by atoms with Crippen molar-refractivity contribution in [3.63, 3.8) is 0 Å². The summed E-state index contributed by atoms with van der Waals surface area (Å²) in [6, 6.07) is 0. The van der Waals surface area contributed by atoms with Gasteiger partial charge in [0.05, 0.1) is 19.3 Å². The number of hydrogen-bond donors (Lipinski definition) is 1. The predicted molar refractivity (Wildman–Crippen MR) is 102 cm³/mol. The molecule has 0 saturated carbocycles. The average molecular weight is 387 g/mol. The third-order valence-electron chi connectivity index (χ3n) is 3.90. The number of anilines is 1. The molecule has 0 bridgehead atoms. The highest BCUT2D eigenvalue weighted by atomic mass is 32.1. The molecule has 0 fully saturated rings. The van der Waals surface area contributed by atoms with Crippen molar-refractivity contribution in [2.45, 2.75) is 13.8 Å². The molecular formula is C18H17N3O5S. The zero-order valence-electron chi connectivity index (χ0n) is 14.9. The van der Waals surface area contributed by atoms with Gasteiger partial charge < -0.3 is 15.2 Å². The number of esters is 1. The number of methoxy groups -OCH3 is 1. The fraction of sp³-hybridized carbons (Fsp3) is 0.222. The molecule has 27 heavy (non-hydrogen) atoms. The summed E-state index contributed by atoms with van der Waals surface area (Å²) < 4.78 is 11.5. The molecule has 0 atom stereocenters. The van der Waals surface area contributed by atoms with E-state index >= 15 is 0 Å². The maximum absolute atomic E-state index is 12.5. The molecule has 0 unspecified atom stereocenters. The molecule has 0 spiro atoms. The van der Waals surface area contributed by atoms with Gasteiger partial charge in [0, 0.05) is 4.88 Å². The van der Waals surface area contributed by atoms with Crippen molar-refractivity contribution in [2.24, 2.45) is 0 Å². The van der Waals surface area contributed by atoms with Gasteiger partial charge in [-0.2, -0.15) is 4.98 Å². The third-order valence-corrected chi connectivity index (χ3v) is 4.86. The normalized spacial score (nSPS) is 15.3. The summed E-state index contributed by atoms with van der Waals surface area (Å²) in [6.07, 6.45) is 5.88. The molecule has 1 aliphatic rings. The Kier molecular flexibility index (Phi) is 4.95. The molecule has 0 amide bonds. The minimum Gasteiger partial charge on any atom is -0.493 e. The molecule has 0 aliphatic heterocycles. The first-order chi connectivity index (χ1) is 12.9. The van der Waals surface area contributed by atoms with Crippen molar-refractivity contribution in [1.82, 2.24) is 9.38 Å². The number of hydrogen-bond acceptors (Lipinski definition) is 8. The maximum atomic E-state index is 12.5. The monoisotopic (exact) mass is 387 g/mol. The molecule has 0 radical (unpaired) electrons. The lowest BCUT2D eigenvalue weighted by molar-refractivity contribution is -0.114. The van der Waals surface area contributed by atoms with Crippen LogP contribution in [0.1, 0.15) is 27.9 Å². The highest BCUT2D eigenvalue weighted by Gasteiger charge is 2.22. The van der Waals surface area contributed by atoms with E-state index in [9.17, 15) is 14.4 Å². The van der Waals surface area contributed by atoms with E-state index in [1.54, 1.807) is 19.9 Å². The summed E-state index contributed by atoms with van der Waals surface area (Å²) in [4.78, 5) is 41.4. The molecule has 2 aromatic rings. The minimum absolute atomic E-state index is 0.0718. The Hall–Kier alpha value is -3.20. The van der Waals surface area contributed by atoms with E-state index in [4.69, 9.17) is 15.2 Å². The van der Waals surface area contributed by atoms with E-state index in [1.807, 2.05) is 0 Å². The molecule has 140 valence electrons. The van der Waals surface area contributed by atoms with Crippen LogP contribution in [0.2, 0.25) is 0 Å². The second kappa shape index (κ2) is 7.20. The largest absolute Gasteiger partial charge is 0.493 e. The highest BCUT2D eigenvalue weighted by Crippen LogP contribution is 2.26. The van der Waals surface area contributed by atoms with Gasteiger partial charge in [-0.15, -0.1) is 11.3 Å². The SMILES string of the molecule is CCOC(=O)c1c(C)sc2nc(=O)c(C=C3C=CC(=O)C(OC)=C3)c(N)n12. The number of carbonyl (C=O) groups excluding carboxylic acids is 2. The zero-order valence-corrected chi connectivity index (χ0v) is 15.8. The number of aromatic nitrogens is 2. The van der Waals surface area contributed by atoms with Crippen molar-refractivity contribution < 1.29 is 19.1 Å². The number of nitrogen functional groups attached to an aromatic ring is 1. The van der Waals surface area contributed by atoms with Crippen LogP contribution in [-0.4, -0.2) is 34.9 Å². The smallest absolute Gasteiger partial charge is 0.356 e. The molecule has 0 aromatic carbocycles. The van der Waals surface area contributed by atoms with E-state index < -0.39 is 11.5 Å². The Labute approximate surface area is 158 Å². The molecule has 2 N–H and O–H groups in total. The summed E-state index contributed by atoms with van der Waals surface area (Å²) in [5.74, 6) is -0.592. The Morgan fingerprint density at radius 2 is 2.11 bits per heavy atom. The van der Waals surface area contributed by atoms with Crippen LogP contribution in [0.25, 0.3) is 11.0 Å². The lowest BCUT2D eigenvalue weighted by atomic mass is 10.0. The first-order valence-electron chi connectivity index (χ1n) is 8.05. The summed E-state index contributed by atoms with van der Waals surface area (Å²) >= 11 is 1.18. The van der Waals surface area contributed by atoms with Crippen molar-refractivity contribution in [3.8, 4) is 0 Å². The summed E-state index contributed by atoms with van der Waals surface area (Å²) in [5, 5.41) is 0. The van der Waals surface area contributed by atoms with E-state index in [1.165, 1.54) is 41.1 Å². The highest BCUT2D eigenvalue weighted by molar-refractivity contribution is 7.17. The number of ketones is 1. The molecule has 8 nitrogen and oxygen atoms in total. The maximum Gasteiger partial charge on any atom is 0.356 e. The van der Waals surface area contributed by atoms with Crippen molar-refractivity contribution in [2.75, 3.05) is 19.5 Å². The average Bonchev–Trinajstić information content (AvgIpc) is 2.96. The Morgan fingerprint density at radius 1 is 1.37 bits per heavy atom. The second-order valence-corrected chi connectivity index (χ2v) is 6.80. The van der Waals surface area contributed by atoms with Gasteiger partial charge in [0.15, 0.2) is 10.7 Å². The van der Waals surface area contributed by atoms with Gasteiger partial charge >= 0.3 is 5.97 Å². The van der Waals surface area contributed by atoms with Gasteiger partial charge in [0.2, 0.25) is 5.78 Å². The van der Waals surface area contributed by atoms with Gasteiger partial charge in [-0.1, -0.05) is 6.08 Å². The van der Waals surface area contributed by atoms with Crippen molar-refractivity contribution in [1.29, 1.82) is 0 Å². The molecule has 1 aliphatic carbocycles. The quantitative estimate of drug-likeness (QED) is 0.797. The predicted octanol–water partition coefficient (Wildman–Crippen LogP) is 1.88. The number of ether oxygens (including phenoxy) is 2. The topological polar surface area (TPSA) is 113 Å². The summed E-state index contributed by atoms with van der Waals surface area (Å²) in [6.45, 7) is 3.65. The lowest BCUT2D eigenvalue weighted by Crippen LogP contribution is -2.19. The van der Waals surface area contributed by atoms with Crippen LogP contribution in [0.4, 0.5) is 5.82 Å². The van der Waals surface area contributed by atoms with Crippen molar-refractivity contribution in [3.05, 3.63) is 56.0 Å². The first-order valence-corrected chi connectivity index (χ1v) is 8.87. The first kappa shape index (κ1) is 18.6. The van der Waals surface area contributed by atoms with E-state index in [0.717, 1.165) is 0 Å². The van der Waals surface area contributed by atoms with Crippen LogP contribution in [-0.2, 0) is 14.3 Å². The van der Waals surface area contributed by atoms with Crippen LogP contribution in [0.3, 0.4) is 0 Å². The molecule has 3 rings (SSSR count). The molecule has 9 heteroatoms. The zero-order chi connectivity index (χ0) is 19.7. The third kappa shape index (κ3) is 3.28. The molecule has 2 heterocycles. The number of rotatable bonds is 4. The van der Waals surface area contributed by atoms with Gasteiger partial charge in [-0.3, -0.25) is 14.0 Å². The summed E-state index contributed by atoms with van der Waals surface area (Å²) in [5.41, 5.74) is 6.57. The Bertz CT molecular complexity index is 1100. The van der Waals surface area contributed by atoms with Crippen LogP contribution < -0.4 is 11.3 Å². The van der Waals surface area contributed by atoms with E-state index in [-0.39, 0.29) is 35.2 Å². The van der Waals surface area contributed by atoms with Crippen LogP contribution in [0.15, 0.2) is 34.4 Å². The number of nitrogens with two attached hydrogens (primary N) is 1. The van der Waals surface area contributed by atoms with E-state index in [2.05, 4.69) is 4.98 Å². The van der Waals surface area contributed by atoms with Gasteiger partial charge in [-0.25, -0.2) is 4.79 Å². The fourth-order valence-electron chi connectivity index (χ4n) is 2.67. The van der Waals surface area contributed by atoms with Gasteiger partial charge in [0.25, 0.3) is 5.56 Å². The number of thiazole rings is 1. The molecular weight excluding hydrogens is 370 g/mol. The summed E-state index contributed by atoms with van der Waals surface area (Å²) in [7, 11) is 1.39. The lowest BCUT2D eigenvalue weighted by Gasteiger charge is -2.10.